The Bertz CT molecular complexity index is 680. The van der Waals surface area contributed by atoms with Gasteiger partial charge >= 0.3 is 5.97 Å². The predicted molar refractivity (Wildman–Crippen MR) is 97.6 cm³/mol. The van der Waals surface area contributed by atoms with Crippen molar-refractivity contribution >= 4 is 49.4 Å². The van der Waals surface area contributed by atoms with E-state index in [1.807, 2.05) is 19.1 Å². The zero-order valence-corrected chi connectivity index (χ0v) is 16.5. The SMILES string of the molecule is CCc1cc(Br)c(NC2=C(C(=O)OC)CN(CCO)C2=O)c(Br)c1. The summed E-state index contributed by atoms with van der Waals surface area (Å²) in [5.41, 5.74) is 2.19. The molecule has 2 rings (SSSR count). The molecule has 0 fully saturated rings. The van der Waals surface area contributed by atoms with Crippen molar-refractivity contribution < 1.29 is 19.4 Å². The first-order valence-electron chi connectivity index (χ1n) is 7.39. The number of amides is 1. The van der Waals surface area contributed by atoms with Crippen molar-refractivity contribution in [1.29, 1.82) is 0 Å². The lowest BCUT2D eigenvalue weighted by atomic mass is 10.1. The first kappa shape index (κ1) is 19.0. The molecule has 130 valence electrons. The van der Waals surface area contributed by atoms with E-state index < -0.39 is 5.97 Å². The molecule has 0 aromatic heterocycles. The Morgan fingerprint density at radius 3 is 2.50 bits per heavy atom. The minimum atomic E-state index is -0.566. The van der Waals surface area contributed by atoms with Gasteiger partial charge in [0.15, 0.2) is 0 Å². The lowest BCUT2D eigenvalue weighted by molar-refractivity contribution is -0.136. The fraction of sp³-hybridized carbons (Fsp3) is 0.375. The van der Waals surface area contributed by atoms with Crippen LogP contribution in [0.25, 0.3) is 0 Å². The monoisotopic (exact) mass is 460 g/mol. The molecule has 0 saturated carbocycles. The number of carbonyl (C=O) groups excluding carboxylic acids is 2. The predicted octanol–water partition coefficient (Wildman–Crippen LogP) is 2.45. The number of hydrogen-bond donors (Lipinski definition) is 2. The van der Waals surface area contributed by atoms with E-state index in [1.54, 1.807) is 0 Å². The largest absolute Gasteiger partial charge is 0.466 e. The minimum Gasteiger partial charge on any atom is -0.466 e. The molecule has 2 N–H and O–H groups in total. The summed E-state index contributed by atoms with van der Waals surface area (Å²) in [7, 11) is 1.27. The van der Waals surface area contributed by atoms with Crippen molar-refractivity contribution in [2.45, 2.75) is 13.3 Å². The second-order valence-corrected chi connectivity index (χ2v) is 6.92. The number of benzene rings is 1. The molecule has 0 unspecified atom stereocenters. The number of aryl methyl sites for hydroxylation is 1. The summed E-state index contributed by atoms with van der Waals surface area (Å²) in [6.07, 6.45) is 0.872. The molecule has 0 bridgehead atoms. The normalized spacial score (nSPS) is 14.4. The summed E-state index contributed by atoms with van der Waals surface area (Å²) < 4.78 is 6.33. The number of β-amino-alcohol motifs (C(OH)–C–C–N with tert-alkyl or cyclic N) is 1. The number of ether oxygens (including phenoxy) is 1. The summed E-state index contributed by atoms with van der Waals surface area (Å²) in [4.78, 5) is 25.9. The quantitative estimate of drug-likeness (QED) is 0.636. The van der Waals surface area contributed by atoms with Crippen LogP contribution in [0.15, 0.2) is 32.3 Å². The zero-order valence-electron chi connectivity index (χ0n) is 13.4. The smallest absolute Gasteiger partial charge is 0.337 e. The lowest BCUT2D eigenvalue weighted by Crippen LogP contribution is -2.31. The highest BCUT2D eigenvalue weighted by Crippen LogP contribution is 2.35. The minimum absolute atomic E-state index is 0.108. The molecule has 8 heteroatoms. The van der Waals surface area contributed by atoms with Crippen molar-refractivity contribution in [3.05, 3.63) is 37.9 Å². The Hall–Kier alpha value is -1.38. The Balaban J connectivity index is 2.41. The Kier molecular flexibility index (Phi) is 6.42. The zero-order chi connectivity index (χ0) is 17.9. The first-order chi connectivity index (χ1) is 11.4. The molecule has 1 aliphatic rings. The maximum Gasteiger partial charge on any atom is 0.337 e. The molecule has 0 saturated heterocycles. The van der Waals surface area contributed by atoms with Crippen LogP contribution in [-0.4, -0.2) is 48.7 Å². The lowest BCUT2D eigenvalue weighted by Gasteiger charge is -2.16. The van der Waals surface area contributed by atoms with Crippen LogP contribution in [0.3, 0.4) is 0 Å². The summed E-state index contributed by atoms with van der Waals surface area (Å²) in [6.45, 7) is 2.14. The standard InChI is InChI=1S/C16H18Br2N2O4/c1-3-9-6-11(17)14(12(18)7-9)19-13-10(16(23)24-2)8-20(4-5-21)15(13)22/h6-7,19,21H,3-5,8H2,1-2H3. The molecule has 1 aromatic carbocycles. The average Bonchev–Trinajstić information content (AvgIpc) is 2.86. The second-order valence-electron chi connectivity index (χ2n) is 5.21. The van der Waals surface area contributed by atoms with Crippen LogP contribution in [-0.2, 0) is 20.7 Å². The Morgan fingerprint density at radius 2 is 2.00 bits per heavy atom. The van der Waals surface area contributed by atoms with Gasteiger partial charge in [0, 0.05) is 15.5 Å². The van der Waals surface area contributed by atoms with Crippen molar-refractivity contribution in [2.75, 3.05) is 32.1 Å². The van der Waals surface area contributed by atoms with Gasteiger partial charge in [0.1, 0.15) is 5.70 Å². The van der Waals surface area contributed by atoms with E-state index in [2.05, 4.69) is 37.2 Å². The fourth-order valence-corrected chi connectivity index (χ4v) is 3.90. The highest BCUT2D eigenvalue weighted by Gasteiger charge is 2.34. The van der Waals surface area contributed by atoms with E-state index in [4.69, 9.17) is 9.84 Å². The number of aliphatic hydroxyl groups excluding tert-OH is 1. The summed E-state index contributed by atoms with van der Waals surface area (Å²) in [5.74, 6) is -0.911. The number of esters is 1. The summed E-state index contributed by atoms with van der Waals surface area (Å²) in [6, 6.07) is 3.91. The highest BCUT2D eigenvalue weighted by molar-refractivity contribution is 9.11. The van der Waals surface area contributed by atoms with E-state index in [0.29, 0.717) is 5.69 Å². The maximum absolute atomic E-state index is 12.5. The molecule has 0 aliphatic carbocycles. The van der Waals surface area contributed by atoms with Crippen LogP contribution in [0.5, 0.6) is 0 Å². The van der Waals surface area contributed by atoms with Gasteiger partial charge in [0.2, 0.25) is 0 Å². The van der Waals surface area contributed by atoms with Crippen LogP contribution >= 0.6 is 31.9 Å². The molecular weight excluding hydrogens is 444 g/mol. The maximum atomic E-state index is 12.5. The molecule has 1 aromatic rings. The number of rotatable bonds is 6. The van der Waals surface area contributed by atoms with Gasteiger partial charge in [0.05, 0.1) is 31.5 Å². The molecule has 1 heterocycles. The molecule has 6 nitrogen and oxygen atoms in total. The van der Waals surface area contributed by atoms with Gasteiger partial charge in [-0.3, -0.25) is 4.79 Å². The highest BCUT2D eigenvalue weighted by atomic mass is 79.9. The summed E-state index contributed by atoms with van der Waals surface area (Å²) in [5, 5.41) is 12.1. The number of halogens is 2. The third kappa shape index (κ3) is 3.81. The van der Waals surface area contributed by atoms with Crippen molar-refractivity contribution in [1.82, 2.24) is 4.90 Å². The number of nitrogens with zero attached hydrogens (tertiary/aromatic N) is 1. The van der Waals surface area contributed by atoms with Crippen molar-refractivity contribution in [3.63, 3.8) is 0 Å². The topological polar surface area (TPSA) is 78.9 Å². The Labute approximate surface area is 157 Å². The third-order valence-electron chi connectivity index (χ3n) is 3.71. The fourth-order valence-electron chi connectivity index (χ4n) is 2.42. The number of carbonyl (C=O) groups is 2. The van der Waals surface area contributed by atoms with Crippen LogP contribution in [0.4, 0.5) is 5.69 Å². The van der Waals surface area contributed by atoms with Gasteiger partial charge in [-0.2, -0.15) is 0 Å². The summed E-state index contributed by atoms with van der Waals surface area (Å²) >= 11 is 6.98. The van der Waals surface area contributed by atoms with Crippen LogP contribution in [0.2, 0.25) is 0 Å². The Morgan fingerprint density at radius 1 is 1.38 bits per heavy atom. The molecule has 1 amide bonds. The van der Waals surface area contributed by atoms with E-state index >= 15 is 0 Å². The third-order valence-corrected chi connectivity index (χ3v) is 4.96. The molecule has 24 heavy (non-hydrogen) atoms. The number of hydrogen-bond acceptors (Lipinski definition) is 5. The van der Waals surface area contributed by atoms with Crippen molar-refractivity contribution in [2.24, 2.45) is 0 Å². The molecule has 0 atom stereocenters. The van der Waals surface area contributed by atoms with E-state index in [0.717, 1.165) is 20.9 Å². The van der Waals surface area contributed by atoms with Gasteiger partial charge in [-0.1, -0.05) is 6.92 Å². The van der Waals surface area contributed by atoms with Gasteiger partial charge in [-0.05, 0) is 56.0 Å². The van der Waals surface area contributed by atoms with Gasteiger partial charge in [0.25, 0.3) is 5.91 Å². The van der Waals surface area contributed by atoms with Crippen LogP contribution in [0, 0.1) is 0 Å². The van der Waals surface area contributed by atoms with E-state index in [9.17, 15) is 9.59 Å². The number of anilines is 1. The average molecular weight is 462 g/mol. The van der Waals surface area contributed by atoms with Gasteiger partial charge < -0.3 is 20.1 Å². The van der Waals surface area contributed by atoms with Crippen LogP contribution in [0.1, 0.15) is 12.5 Å². The molecule has 0 spiro atoms. The van der Waals surface area contributed by atoms with Crippen LogP contribution < -0.4 is 5.32 Å². The second kappa shape index (κ2) is 8.13. The number of methoxy groups -OCH3 is 1. The first-order valence-corrected chi connectivity index (χ1v) is 8.98. The van der Waals surface area contributed by atoms with Crippen molar-refractivity contribution in [3.8, 4) is 0 Å². The van der Waals surface area contributed by atoms with E-state index in [-0.39, 0.29) is 36.9 Å². The van der Waals surface area contributed by atoms with Gasteiger partial charge in [-0.25, -0.2) is 4.79 Å². The molecule has 1 aliphatic heterocycles. The molecule has 0 radical (unpaired) electrons. The molecular formula is C16H18Br2N2O4. The number of nitrogens with one attached hydrogen (secondary N) is 1. The van der Waals surface area contributed by atoms with E-state index in [1.165, 1.54) is 12.0 Å². The number of aliphatic hydroxyl groups is 1. The van der Waals surface area contributed by atoms with Gasteiger partial charge in [-0.15, -0.1) is 0 Å².